The quantitative estimate of drug-likeness (QED) is 0.682. The van der Waals surface area contributed by atoms with Crippen LogP contribution in [0.25, 0.3) is 0 Å². The second-order valence-electron chi connectivity index (χ2n) is 2.62. The van der Waals surface area contributed by atoms with Crippen LogP contribution in [0.5, 0.6) is 0 Å². The molecule has 0 aliphatic carbocycles. The Bertz CT molecular complexity index is 152. The highest BCUT2D eigenvalue weighted by Gasteiger charge is 2.18. The second kappa shape index (κ2) is 5.03. The van der Waals surface area contributed by atoms with Gasteiger partial charge < -0.3 is 10.6 Å². The van der Waals surface area contributed by atoms with Gasteiger partial charge in [0.05, 0.1) is 12.6 Å². The fourth-order valence-corrected chi connectivity index (χ4v) is 0.755. The van der Waals surface area contributed by atoms with E-state index in [1.165, 1.54) is 7.05 Å². The van der Waals surface area contributed by atoms with E-state index in [1.54, 1.807) is 6.92 Å². The van der Waals surface area contributed by atoms with Gasteiger partial charge in [-0.2, -0.15) is 0 Å². The molecule has 72 valence electrons. The first kappa shape index (κ1) is 11.3. The molecule has 0 rings (SSSR count). The zero-order chi connectivity index (χ0) is 9.72. The molecular weight excluding hydrogens is 166 g/mol. The SMILES string of the molecule is CC[C@@H](N)C(=O)N(C)CC(F)F. The molecule has 2 N–H and O–H groups in total. The Morgan fingerprint density at radius 2 is 2.08 bits per heavy atom. The van der Waals surface area contributed by atoms with E-state index in [9.17, 15) is 13.6 Å². The number of nitrogens with zero attached hydrogens (tertiary/aromatic N) is 1. The van der Waals surface area contributed by atoms with Crippen molar-refractivity contribution in [1.82, 2.24) is 4.90 Å². The van der Waals surface area contributed by atoms with Gasteiger partial charge in [-0.25, -0.2) is 8.78 Å². The molecule has 0 spiro atoms. The van der Waals surface area contributed by atoms with Crippen LogP contribution in [-0.4, -0.2) is 36.9 Å². The molecule has 0 unspecified atom stereocenters. The van der Waals surface area contributed by atoms with Gasteiger partial charge in [-0.05, 0) is 6.42 Å². The summed E-state index contributed by atoms with van der Waals surface area (Å²) in [6, 6.07) is -0.659. The maximum atomic E-state index is 11.8. The number of hydrogen-bond donors (Lipinski definition) is 1. The first-order valence-corrected chi connectivity index (χ1v) is 3.77. The summed E-state index contributed by atoms with van der Waals surface area (Å²) in [5, 5.41) is 0. The van der Waals surface area contributed by atoms with E-state index in [0.29, 0.717) is 6.42 Å². The van der Waals surface area contributed by atoms with E-state index in [0.717, 1.165) is 4.90 Å². The van der Waals surface area contributed by atoms with E-state index in [1.807, 2.05) is 0 Å². The van der Waals surface area contributed by atoms with Gasteiger partial charge in [-0.3, -0.25) is 4.79 Å². The van der Waals surface area contributed by atoms with Gasteiger partial charge in [0.2, 0.25) is 5.91 Å². The lowest BCUT2D eigenvalue weighted by Gasteiger charge is -2.19. The first-order chi connectivity index (χ1) is 5.49. The maximum absolute atomic E-state index is 11.8. The third kappa shape index (κ3) is 3.61. The van der Waals surface area contributed by atoms with Gasteiger partial charge in [0.25, 0.3) is 6.43 Å². The molecule has 12 heavy (non-hydrogen) atoms. The van der Waals surface area contributed by atoms with Crippen LogP contribution in [0.3, 0.4) is 0 Å². The largest absolute Gasteiger partial charge is 0.339 e. The van der Waals surface area contributed by atoms with E-state index in [4.69, 9.17) is 5.73 Å². The molecule has 0 saturated heterocycles. The summed E-state index contributed by atoms with van der Waals surface area (Å²) in [5.41, 5.74) is 5.36. The molecule has 5 heteroatoms. The highest BCUT2D eigenvalue weighted by molar-refractivity contribution is 5.81. The number of rotatable bonds is 4. The van der Waals surface area contributed by atoms with Crippen molar-refractivity contribution in [3.63, 3.8) is 0 Å². The third-order valence-electron chi connectivity index (χ3n) is 1.55. The van der Waals surface area contributed by atoms with Crippen LogP contribution in [0, 0.1) is 0 Å². The van der Waals surface area contributed by atoms with Crippen LogP contribution in [0.1, 0.15) is 13.3 Å². The minimum absolute atomic E-state index is 0.433. The summed E-state index contributed by atoms with van der Waals surface area (Å²) in [6.45, 7) is 1.19. The summed E-state index contributed by atoms with van der Waals surface area (Å²) in [5.74, 6) is -0.433. The monoisotopic (exact) mass is 180 g/mol. The van der Waals surface area contributed by atoms with Crippen molar-refractivity contribution >= 4 is 5.91 Å². The molecule has 0 aliphatic rings. The Kier molecular flexibility index (Phi) is 4.73. The number of hydrogen-bond acceptors (Lipinski definition) is 2. The predicted molar refractivity (Wildman–Crippen MR) is 41.9 cm³/mol. The van der Waals surface area contributed by atoms with Crippen molar-refractivity contribution < 1.29 is 13.6 Å². The lowest BCUT2D eigenvalue weighted by atomic mass is 10.2. The van der Waals surface area contributed by atoms with Crippen molar-refractivity contribution in [2.24, 2.45) is 5.73 Å². The van der Waals surface area contributed by atoms with Gasteiger partial charge in [0.15, 0.2) is 0 Å². The van der Waals surface area contributed by atoms with Crippen LogP contribution in [0.15, 0.2) is 0 Å². The minimum Gasteiger partial charge on any atom is -0.339 e. The Morgan fingerprint density at radius 1 is 1.58 bits per heavy atom. The van der Waals surface area contributed by atoms with Crippen LogP contribution in [-0.2, 0) is 4.79 Å². The number of halogens is 2. The standard InChI is InChI=1S/C7H14F2N2O/c1-3-5(10)7(12)11(2)4-6(8)9/h5-6H,3-4,10H2,1-2H3/t5-/m1/s1. The Morgan fingerprint density at radius 3 is 2.42 bits per heavy atom. The molecule has 1 amide bonds. The van der Waals surface area contributed by atoms with E-state index >= 15 is 0 Å². The van der Waals surface area contributed by atoms with Gasteiger partial charge in [0.1, 0.15) is 0 Å². The molecule has 3 nitrogen and oxygen atoms in total. The normalized spacial score (nSPS) is 13.2. The average molecular weight is 180 g/mol. The Hall–Kier alpha value is -0.710. The summed E-state index contributed by atoms with van der Waals surface area (Å²) in [6.07, 6.45) is -2.03. The second-order valence-corrected chi connectivity index (χ2v) is 2.62. The number of likely N-dealkylation sites (N-methyl/N-ethyl adjacent to an activating group) is 1. The molecule has 0 fully saturated rings. The predicted octanol–water partition coefficient (Wildman–Crippen LogP) is 0.447. The molecule has 1 atom stereocenters. The van der Waals surface area contributed by atoms with Gasteiger partial charge >= 0.3 is 0 Å². The third-order valence-corrected chi connectivity index (χ3v) is 1.55. The summed E-state index contributed by atoms with van der Waals surface area (Å²) < 4.78 is 23.6. The summed E-state index contributed by atoms with van der Waals surface area (Å²) >= 11 is 0. The van der Waals surface area contributed by atoms with Crippen LogP contribution in [0.2, 0.25) is 0 Å². The van der Waals surface area contributed by atoms with E-state index in [-0.39, 0.29) is 0 Å². The summed E-state index contributed by atoms with van der Waals surface area (Å²) in [4.78, 5) is 12.0. The molecule has 0 aliphatic heterocycles. The van der Waals surface area contributed by atoms with Crippen LogP contribution < -0.4 is 5.73 Å². The number of nitrogens with two attached hydrogens (primary N) is 1. The summed E-state index contributed by atoms with van der Waals surface area (Å²) in [7, 11) is 1.32. The fraction of sp³-hybridized carbons (Fsp3) is 0.857. The zero-order valence-corrected chi connectivity index (χ0v) is 7.26. The first-order valence-electron chi connectivity index (χ1n) is 3.77. The van der Waals surface area contributed by atoms with Crippen LogP contribution in [0.4, 0.5) is 8.78 Å². The van der Waals surface area contributed by atoms with Crippen molar-refractivity contribution in [2.75, 3.05) is 13.6 Å². The highest BCUT2D eigenvalue weighted by atomic mass is 19.3. The lowest BCUT2D eigenvalue weighted by Crippen LogP contribution is -2.43. The molecule has 0 saturated carbocycles. The number of alkyl halides is 2. The molecule has 0 radical (unpaired) electrons. The molecule has 0 aromatic heterocycles. The van der Waals surface area contributed by atoms with Crippen LogP contribution >= 0.6 is 0 Å². The number of amides is 1. The minimum atomic E-state index is -2.50. The number of carbonyl (C=O) groups excluding carboxylic acids is 1. The molecule has 0 aromatic carbocycles. The topological polar surface area (TPSA) is 46.3 Å². The molecule has 0 aromatic rings. The Balaban J connectivity index is 3.92. The fourth-order valence-electron chi connectivity index (χ4n) is 0.755. The molecule has 0 heterocycles. The maximum Gasteiger partial charge on any atom is 0.255 e. The zero-order valence-electron chi connectivity index (χ0n) is 7.26. The number of carbonyl (C=O) groups is 1. The van der Waals surface area contributed by atoms with E-state index in [2.05, 4.69) is 0 Å². The van der Waals surface area contributed by atoms with E-state index < -0.39 is 24.9 Å². The average Bonchev–Trinajstić information content (AvgIpc) is 2.00. The van der Waals surface area contributed by atoms with Crippen molar-refractivity contribution in [3.8, 4) is 0 Å². The molecular formula is C7H14F2N2O. The van der Waals surface area contributed by atoms with Gasteiger partial charge in [-0.15, -0.1) is 0 Å². The van der Waals surface area contributed by atoms with Gasteiger partial charge in [-0.1, -0.05) is 6.92 Å². The molecule has 0 bridgehead atoms. The van der Waals surface area contributed by atoms with Crippen molar-refractivity contribution in [3.05, 3.63) is 0 Å². The highest BCUT2D eigenvalue weighted by Crippen LogP contribution is 1.99. The van der Waals surface area contributed by atoms with Crippen molar-refractivity contribution in [2.45, 2.75) is 25.8 Å². The van der Waals surface area contributed by atoms with Gasteiger partial charge in [0, 0.05) is 7.05 Å². The lowest BCUT2D eigenvalue weighted by molar-refractivity contribution is -0.133. The smallest absolute Gasteiger partial charge is 0.255 e. The van der Waals surface area contributed by atoms with Crippen molar-refractivity contribution in [1.29, 1.82) is 0 Å². The Labute approximate surface area is 70.5 Å².